The normalized spacial score (nSPS) is 16.3. The molecule has 0 aliphatic carbocycles. The Balaban J connectivity index is 1.61. The number of esters is 1. The maximum Gasteiger partial charge on any atom is 0.328 e. The van der Waals surface area contributed by atoms with Crippen molar-refractivity contribution in [1.29, 1.82) is 0 Å². The fourth-order valence-electron chi connectivity index (χ4n) is 3.93. The summed E-state index contributed by atoms with van der Waals surface area (Å²) in [6, 6.07) is 15.3. The van der Waals surface area contributed by atoms with Crippen molar-refractivity contribution in [3.05, 3.63) is 88.5 Å². The maximum atomic E-state index is 13.4. The van der Waals surface area contributed by atoms with Gasteiger partial charge < -0.3 is 19.9 Å². The molecule has 0 radical (unpaired) electrons. The average molecular weight is 439 g/mol. The van der Waals surface area contributed by atoms with Crippen molar-refractivity contribution in [2.24, 2.45) is 0 Å². The van der Waals surface area contributed by atoms with Gasteiger partial charge in [0.2, 0.25) is 0 Å². The van der Waals surface area contributed by atoms with Gasteiger partial charge in [-0.3, -0.25) is 0 Å². The van der Waals surface area contributed by atoms with E-state index in [0.29, 0.717) is 24.4 Å². The van der Waals surface area contributed by atoms with Crippen LogP contribution in [0.3, 0.4) is 0 Å². The molecule has 1 aliphatic rings. The number of ether oxygens (including phenoxy) is 1. The highest BCUT2D eigenvalue weighted by Crippen LogP contribution is 2.34. The third-order valence-corrected chi connectivity index (χ3v) is 5.65. The first-order valence-corrected chi connectivity index (χ1v) is 10.4. The first-order valence-electron chi connectivity index (χ1n) is 10.0. The van der Waals surface area contributed by atoms with Crippen LogP contribution >= 0.6 is 11.6 Å². The van der Waals surface area contributed by atoms with Crippen molar-refractivity contribution in [2.45, 2.75) is 24.9 Å². The van der Waals surface area contributed by atoms with Crippen LogP contribution < -0.4 is 5.32 Å². The van der Waals surface area contributed by atoms with Crippen LogP contribution in [0.1, 0.15) is 28.6 Å². The number of halogens is 1. The highest BCUT2D eigenvalue weighted by molar-refractivity contribution is 6.30. The maximum absolute atomic E-state index is 13.4. The molecule has 1 aliphatic heterocycles. The number of aromatic nitrogens is 2. The minimum absolute atomic E-state index is 0.336. The fourth-order valence-corrected chi connectivity index (χ4v) is 4.13. The van der Waals surface area contributed by atoms with Gasteiger partial charge in [-0.15, -0.1) is 0 Å². The van der Waals surface area contributed by atoms with Crippen LogP contribution in [0.5, 0.6) is 0 Å². The summed E-state index contributed by atoms with van der Waals surface area (Å²) >= 11 is 6.22. The number of rotatable bonds is 5. The Bertz CT molecular complexity index is 1070. The molecule has 160 valence electrons. The lowest BCUT2D eigenvalue weighted by atomic mass is 9.96. The smallest absolute Gasteiger partial charge is 0.328 e. The number of hydrogen-bond acceptors (Lipinski definition) is 4. The Morgan fingerprint density at radius 2 is 2.06 bits per heavy atom. The number of nitrogens with one attached hydrogen (secondary N) is 2. The Kier molecular flexibility index (Phi) is 6.23. The lowest BCUT2D eigenvalue weighted by molar-refractivity contribution is -0.142. The molecule has 31 heavy (non-hydrogen) atoms. The van der Waals surface area contributed by atoms with Gasteiger partial charge in [-0.25, -0.2) is 14.6 Å². The van der Waals surface area contributed by atoms with Crippen LogP contribution in [-0.2, 0) is 22.4 Å². The number of H-pyrrole nitrogens is 1. The summed E-state index contributed by atoms with van der Waals surface area (Å²) in [5, 5.41) is 3.45. The number of fused-ring (bicyclic) bond motifs is 1. The van der Waals surface area contributed by atoms with Gasteiger partial charge in [0, 0.05) is 30.1 Å². The summed E-state index contributed by atoms with van der Waals surface area (Å²) < 4.78 is 4.94. The minimum atomic E-state index is -0.805. The zero-order valence-corrected chi connectivity index (χ0v) is 17.8. The van der Waals surface area contributed by atoms with Crippen molar-refractivity contribution in [3.63, 3.8) is 0 Å². The fraction of sp³-hybridized carbons (Fsp3) is 0.261. The third kappa shape index (κ3) is 4.56. The second-order valence-electron chi connectivity index (χ2n) is 7.38. The van der Waals surface area contributed by atoms with Crippen molar-refractivity contribution >= 4 is 23.6 Å². The van der Waals surface area contributed by atoms with E-state index < -0.39 is 18.1 Å². The van der Waals surface area contributed by atoms with E-state index in [1.165, 1.54) is 7.11 Å². The standard InChI is InChI=1S/C23H23ClN4O3/c1-31-22(29)19(12-15-6-3-2-4-7-15)27-23(30)28-11-10-18-20(26-14-25-18)21(28)16-8-5-9-17(24)13-16/h2-9,13-14,19,21H,10-12H2,1H3,(H,25,26)(H,27,30)/t19-,21-/m1/s1. The molecule has 0 spiro atoms. The number of carbonyl (C=O) groups excluding carboxylic acids is 2. The molecule has 3 aromatic rings. The summed E-state index contributed by atoms with van der Waals surface area (Å²) in [5.74, 6) is -0.492. The van der Waals surface area contributed by atoms with Crippen molar-refractivity contribution in [3.8, 4) is 0 Å². The first-order chi connectivity index (χ1) is 15.1. The van der Waals surface area contributed by atoms with Crippen molar-refractivity contribution in [2.75, 3.05) is 13.7 Å². The molecule has 2 N–H and O–H groups in total. The molecule has 0 bridgehead atoms. The second kappa shape index (κ2) is 9.22. The van der Waals surface area contributed by atoms with Crippen LogP contribution in [0.25, 0.3) is 0 Å². The molecule has 0 saturated carbocycles. The number of methoxy groups -OCH3 is 1. The van der Waals surface area contributed by atoms with E-state index in [4.69, 9.17) is 16.3 Å². The number of urea groups is 1. The van der Waals surface area contributed by atoms with Crippen molar-refractivity contribution in [1.82, 2.24) is 20.2 Å². The predicted molar refractivity (Wildman–Crippen MR) is 117 cm³/mol. The quantitative estimate of drug-likeness (QED) is 0.597. The predicted octanol–water partition coefficient (Wildman–Crippen LogP) is 3.50. The molecule has 2 atom stereocenters. The summed E-state index contributed by atoms with van der Waals surface area (Å²) in [6.45, 7) is 0.470. The number of carbonyl (C=O) groups is 2. The number of amides is 2. The zero-order chi connectivity index (χ0) is 21.8. The highest BCUT2D eigenvalue weighted by Gasteiger charge is 2.36. The SMILES string of the molecule is COC(=O)[C@@H](Cc1ccccc1)NC(=O)N1CCc2[nH]cnc2[C@H]1c1cccc(Cl)c1. The number of hydrogen-bond donors (Lipinski definition) is 2. The highest BCUT2D eigenvalue weighted by atomic mass is 35.5. The van der Waals surface area contributed by atoms with Gasteiger partial charge in [0.15, 0.2) is 0 Å². The summed E-state index contributed by atoms with van der Waals surface area (Å²) in [6.07, 6.45) is 2.61. The molecule has 2 aromatic carbocycles. The summed E-state index contributed by atoms with van der Waals surface area (Å²) in [5.41, 5.74) is 3.55. The molecule has 7 nitrogen and oxygen atoms in total. The van der Waals surface area contributed by atoms with Crippen LogP contribution in [-0.4, -0.2) is 46.6 Å². The van der Waals surface area contributed by atoms with Crippen LogP contribution in [0.2, 0.25) is 5.02 Å². The van der Waals surface area contributed by atoms with E-state index in [-0.39, 0.29) is 6.03 Å². The van der Waals surface area contributed by atoms with Gasteiger partial charge in [-0.05, 0) is 23.3 Å². The Morgan fingerprint density at radius 1 is 1.26 bits per heavy atom. The van der Waals surface area contributed by atoms with Gasteiger partial charge in [0.25, 0.3) is 0 Å². The van der Waals surface area contributed by atoms with E-state index >= 15 is 0 Å². The van der Waals surface area contributed by atoms with E-state index in [0.717, 1.165) is 22.5 Å². The number of imidazole rings is 1. The van der Waals surface area contributed by atoms with E-state index in [2.05, 4.69) is 15.3 Å². The van der Waals surface area contributed by atoms with Crippen LogP contribution in [0.4, 0.5) is 4.79 Å². The number of benzene rings is 2. The van der Waals surface area contributed by atoms with Gasteiger partial charge >= 0.3 is 12.0 Å². The van der Waals surface area contributed by atoms with Crippen molar-refractivity contribution < 1.29 is 14.3 Å². The third-order valence-electron chi connectivity index (χ3n) is 5.42. The zero-order valence-electron chi connectivity index (χ0n) is 17.0. The lowest BCUT2D eigenvalue weighted by Crippen LogP contribution is -2.52. The van der Waals surface area contributed by atoms with Crippen LogP contribution in [0.15, 0.2) is 60.9 Å². The number of nitrogens with zero attached hydrogens (tertiary/aromatic N) is 2. The Morgan fingerprint density at radius 3 is 2.81 bits per heavy atom. The molecule has 4 rings (SSSR count). The Labute approximate surface area is 185 Å². The lowest BCUT2D eigenvalue weighted by Gasteiger charge is -2.36. The van der Waals surface area contributed by atoms with E-state index in [1.54, 1.807) is 17.3 Å². The molecule has 8 heteroatoms. The average Bonchev–Trinajstić information content (AvgIpc) is 3.27. The molecule has 1 aromatic heterocycles. The van der Waals surface area contributed by atoms with E-state index in [1.807, 2.05) is 48.5 Å². The Hall–Kier alpha value is -3.32. The minimum Gasteiger partial charge on any atom is -0.467 e. The van der Waals surface area contributed by atoms with Gasteiger partial charge in [-0.1, -0.05) is 54.1 Å². The molecular weight excluding hydrogens is 416 g/mol. The van der Waals surface area contributed by atoms with E-state index in [9.17, 15) is 9.59 Å². The van der Waals surface area contributed by atoms with Crippen LogP contribution in [0, 0.1) is 0 Å². The molecule has 2 heterocycles. The molecule has 0 fully saturated rings. The monoisotopic (exact) mass is 438 g/mol. The summed E-state index contributed by atoms with van der Waals surface area (Å²) in [4.78, 5) is 35.1. The largest absolute Gasteiger partial charge is 0.467 e. The van der Waals surface area contributed by atoms with Gasteiger partial charge in [0.1, 0.15) is 12.1 Å². The molecule has 0 unspecified atom stereocenters. The second-order valence-corrected chi connectivity index (χ2v) is 7.82. The first kappa shape index (κ1) is 20.9. The number of aromatic amines is 1. The van der Waals surface area contributed by atoms with Gasteiger partial charge in [-0.2, -0.15) is 0 Å². The molecule has 0 saturated heterocycles. The molecule has 2 amide bonds. The molecular formula is C23H23ClN4O3. The van der Waals surface area contributed by atoms with Gasteiger partial charge in [0.05, 0.1) is 19.1 Å². The topological polar surface area (TPSA) is 87.3 Å². The summed E-state index contributed by atoms with van der Waals surface area (Å²) in [7, 11) is 1.32.